The molecule has 0 aromatic carbocycles. The lowest BCUT2D eigenvalue weighted by molar-refractivity contribution is -0.134. The minimum Gasteiger partial charge on any atom is -0.463 e. The van der Waals surface area contributed by atoms with Crippen molar-refractivity contribution in [3.63, 3.8) is 0 Å². The summed E-state index contributed by atoms with van der Waals surface area (Å²) in [6.07, 6.45) is 7.63. The number of carbonyl (C=O) groups excluding carboxylic acids is 1. The number of amides is 1. The number of hydrogen-bond donors (Lipinski definition) is 0. The van der Waals surface area contributed by atoms with E-state index in [0.29, 0.717) is 43.1 Å². The Hall–Kier alpha value is -2.45. The van der Waals surface area contributed by atoms with Crippen molar-refractivity contribution in [3.05, 3.63) is 40.9 Å². The molecule has 4 heterocycles. The van der Waals surface area contributed by atoms with Gasteiger partial charge in [0.2, 0.25) is 5.91 Å². The molecular weight excluding hydrogens is 396 g/mol. The fraction of sp³-hybridized carbons (Fsp3) is 0.609. The number of fused-ring (bicyclic) bond motifs is 1. The lowest BCUT2D eigenvalue weighted by Gasteiger charge is -2.45. The summed E-state index contributed by atoms with van der Waals surface area (Å²) in [6.45, 7) is 3.96. The zero-order valence-corrected chi connectivity index (χ0v) is 18.2. The maximum Gasteiger partial charge on any atom is 0.267 e. The minimum atomic E-state index is -0.300. The highest BCUT2D eigenvalue weighted by atomic mass is 16.5. The summed E-state index contributed by atoms with van der Waals surface area (Å²) in [5, 5.41) is 4.35. The van der Waals surface area contributed by atoms with Crippen molar-refractivity contribution in [2.75, 3.05) is 39.9 Å². The molecule has 0 bridgehead atoms. The third-order valence-corrected chi connectivity index (χ3v) is 6.53. The van der Waals surface area contributed by atoms with Crippen molar-refractivity contribution in [3.8, 4) is 11.5 Å². The van der Waals surface area contributed by atoms with Gasteiger partial charge in [-0.1, -0.05) is 6.42 Å². The fourth-order valence-corrected chi connectivity index (χ4v) is 4.94. The van der Waals surface area contributed by atoms with Crippen LogP contribution in [0.25, 0.3) is 11.5 Å². The van der Waals surface area contributed by atoms with E-state index in [1.165, 1.54) is 49.5 Å². The molecule has 0 spiro atoms. The molecule has 31 heavy (non-hydrogen) atoms. The largest absolute Gasteiger partial charge is 0.463 e. The summed E-state index contributed by atoms with van der Waals surface area (Å²) < 4.78 is 11.9. The first-order valence-electron chi connectivity index (χ1n) is 11.3. The number of rotatable bonds is 8. The quantitative estimate of drug-likeness (QED) is 0.642. The normalized spacial score (nSPS) is 21.6. The highest BCUT2D eigenvalue weighted by molar-refractivity contribution is 5.76. The summed E-state index contributed by atoms with van der Waals surface area (Å²) >= 11 is 0. The highest BCUT2D eigenvalue weighted by Gasteiger charge is 2.34. The number of nitrogens with zero attached hydrogens (tertiary/aromatic N) is 4. The number of piperidine rings is 2. The third kappa shape index (κ3) is 5.25. The van der Waals surface area contributed by atoms with E-state index < -0.39 is 0 Å². The molecule has 2 fully saturated rings. The molecule has 2 atom stereocenters. The molecule has 0 saturated carbocycles. The van der Waals surface area contributed by atoms with Crippen LogP contribution in [-0.4, -0.2) is 71.4 Å². The van der Waals surface area contributed by atoms with Crippen molar-refractivity contribution >= 4 is 5.91 Å². The topological polar surface area (TPSA) is 80.8 Å². The second-order valence-electron chi connectivity index (χ2n) is 8.53. The van der Waals surface area contributed by atoms with Crippen LogP contribution in [0.5, 0.6) is 0 Å². The fourth-order valence-electron chi connectivity index (χ4n) is 4.94. The first-order chi connectivity index (χ1) is 15.2. The Morgan fingerprint density at radius 2 is 2.10 bits per heavy atom. The van der Waals surface area contributed by atoms with Crippen molar-refractivity contribution in [2.24, 2.45) is 5.92 Å². The molecule has 0 unspecified atom stereocenters. The molecule has 0 aliphatic carbocycles. The van der Waals surface area contributed by atoms with E-state index in [0.717, 1.165) is 6.42 Å². The Balaban J connectivity index is 1.48. The van der Waals surface area contributed by atoms with E-state index >= 15 is 0 Å². The molecule has 2 saturated heterocycles. The smallest absolute Gasteiger partial charge is 0.267 e. The van der Waals surface area contributed by atoms with E-state index in [4.69, 9.17) is 9.15 Å². The monoisotopic (exact) mass is 428 g/mol. The Bertz CT molecular complexity index is 909. The van der Waals surface area contributed by atoms with Crippen LogP contribution >= 0.6 is 0 Å². The van der Waals surface area contributed by atoms with Crippen LogP contribution < -0.4 is 5.56 Å². The summed E-state index contributed by atoms with van der Waals surface area (Å²) in [6, 6.07) is 7.15. The number of aromatic nitrogens is 2. The second kappa shape index (κ2) is 10.2. The lowest BCUT2D eigenvalue weighted by Crippen LogP contribution is -2.52. The number of ether oxygens (including phenoxy) is 1. The molecule has 4 rings (SSSR count). The average Bonchev–Trinajstić information content (AvgIpc) is 3.33. The summed E-state index contributed by atoms with van der Waals surface area (Å²) in [5.74, 6) is 0.933. The van der Waals surface area contributed by atoms with E-state index in [9.17, 15) is 9.59 Å². The summed E-state index contributed by atoms with van der Waals surface area (Å²) in [7, 11) is 1.64. The van der Waals surface area contributed by atoms with Gasteiger partial charge in [-0.15, -0.1) is 0 Å². The molecule has 0 radical (unpaired) electrons. The van der Waals surface area contributed by atoms with E-state index in [2.05, 4.69) is 10.00 Å². The van der Waals surface area contributed by atoms with Crippen LogP contribution in [0.3, 0.4) is 0 Å². The van der Waals surface area contributed by atoms with Gasteiger partial charge in [0.05, 0.1) is 12.9 Å². The average molecular weight is 429 g/mol. The number of methoxy groups -OCH3 is 1. The predicted octanol–water partition coefficient (Wildman–Crippen LogP) is 2.24. The Labute approximate surface area is 182 Å². The molecule has 0 N–H and O–H groups in total. The zero-order valence-electron chi connectivity index (χ0n) is 18.2. The Morgan fingerprint density at radius 3 is 2.90 bits per heavy atom. The van der Waals surface area contributed by atoms with Gasteiger partial charge in [0, 0.05) is 32.3 Å². The van der Waals surface area contributed by atoms with Crippen LogP contribution in [0.2, 0.25) is 0 Å². The van der Waals surface area contributed by atoms with Crippen molar-refractivity contribution in [2.45, 2.75) is 44.7 Å². The lowest BCUT2D eigenvalue weighted by atomic mass is 9.83. The minimum absolute atomic E-state index is 0.0851. The maximum absolute atomic E-state index is 13.2. The van der Waals surface area contributed by atoms with Crippen LogP contribution in [0.15, 0.2) is 39.7 Å². The predicted molar refractivity (Wildman–Crippen MR) is 117 cm³/mol. The first-order valence-corrected chi connectivity index (χ1v) is 11.3. The molecule has 2 aliphatic rings. The van der Waals surface area contributed by atoms with Gasteiger partial charge in [0.1, 0.15) is 12.2 Å². The zero-order chi connectivity index (χ0) is 21.6. The molecular formula is C23H32N4O4. The molecule has 168 valence electrons. The van der Waals surface area contributed by atoms with Crippen molar-refractivity contribution in [1.29, 1.82) is 0 Å². The Morgan fingerprint density at radius 1 is 1.23 bits per heavy atom. The third-order valence-electron chi connectivity index (χ3n) is 6.53. The molecule has 8 nitrogen and oxygen atoms in total. The molecule has 8 heteroatoms. The molecule has 2 aromatic rings. The van der Waals surface area contributed by atoms with E-state index in [-0.39, 0.29) is 18.0 Å². The maximum atomic E-state index is 13.2. The van der Waals surface area contributed by atoms with Crippen LogP contribution in [0, 0.1) is 5.92 Å². The molecule has 2 aromatic heterocycles. The molecule has 2 aliphatic heterocycles. The number of hydrogen-bond acceptors (Lipinski definition) is 6. The highest BCUT2D eigenvalue weighted by Crippen LogP contribution is 2.31. The van der Waals surface area contributed by atoms with Gasteiger partial charge in [-0.25, -0.2) is 4.68 Å². The SMILES string of the molecule is COCCN(C[C@@H]1CCCN2CCCC[C@H]12)C(=O)Cn1nc(-c2ccco2)ccc1=O. The van der Waals surface area contributed by atoms with Crippen LogP contribution in [-0.2, 0) is 16.1 Å². The first kappa shape index (κ1) is 21.8. The van der Waals surface area contributed by atoms with Gasteiger partial charge in [-0.05, 0) is 62.9 Å². The van der Waals surface area contributed by atoms with Crippen LogP contribution in [0.4, 0.5) is 0 Å². The number of carbonyl (C=O) groups is 1. The van der Waals surface area contributed by atoms with Gasteiger partial charge in [0.25, 0.3) is 5.56 Å². The van der Waals surface area contributed by atoms with Gasteiger partial charge in [0.15, 0.2) is 5.76 Å². The second-order valence-corrected chi connectivity index (χ2v) is 8.53. The van der Waals surface area contributed by atoms with Gasteiger partial charge in [-0.2, -0.15) is 5.10 Å². The van der Waals surface area contributed by atoms with Gasteiger partial charge >= 0.3 is 0 Å². The standard InChI is InChI=1S/C23H32N4O4/c1-30-15-13-26(16-18-6-4-12-25-11-3-2-7-20(18)25)23(29)17-27-22(28)10-9-19(24-27)21-8-5-14-31-21/h5,8-10,14,18,20H,2-4,6-7,11-13,15-17H2,1H3/t18-,20+/m0/s1. The summed E-state index contributed by atoms with van der Waals surface area (Å²) in [4.78, 5) is 30.1. The van der Waals surface area contributed by atoms with E-state index in [1.807, 2.05) is 4.90 Å². The van der Waals surface area contributed by atoms with Crippen molar-refractivity contribution in [1.82, 2.24) is 19.6 Å². The van der Waals surface area contributed by atoms with Gasteiger partial charge < -0.3 is 19.0 Å². The van der Waals surface area contributed by atoms with Crippen LogP contribution in [0.1, 0.15) is 32.1 Å². The van der Waals surface area contributed by atoms with Crippen molar-refractivity contribution < 1.29 is 13.9 Å². The molecule has 1 amide bonds. The summed E-state index contributed by atoms with van der Waals surface area (Å²) in [5.41, 5.74) is 0.234. The van der Waals surface area contributed by atoms with Gasteiger partial charge in [-0.3, -0.25) is 9.59 Å². The number of furan rings is 1. The Kier molecular flexibility index (Phi) is 7.19. The van der Waals surface area contributed by atoms with E-state index in [1.54, 1.807) is 31.6 Å².